The number of alkyl halides is 3. The first-order valence-electron chi connectivity index (χ1n) is 13.3. The van der Waals surface area contributed by atoms with E-state index in [1.165, 1.54) is 23.9 Å². The van der Waals surface area contributed by atoms with Gasteiger partial charge in [-0.2, -0.15) is 13.2 Å². The number of fused-ring (bicyclic) bond motifs is 1. The monoisotopic (exact) mass is 602 g/mol. The third-order valence-electron chi connectivity index (χ3n) is 6.95. The van der Waals surface area contributed by atoms with Crippen molar-refractivity contribution in [3.05, 3.63) is 74.4 Å². The van der Waals surface area contributed by atoms with Crippen LogP contribution in [0.4, 0.5) is 30.5 Å². The molecular formula is C27H29F3N8O5. The van der Waals surface area contributed by atoms with Crippen molar-refractivity contribution in [1.82, 2.24) is 24.3 Å². The smallest absolute Gasteiger partial charge is 0.421 e. The average molecular weight is 603 g/mol. The van der Waals surface area contributed by atoms with Crippen LogP contribution in [0, 0.1) is 6.92 Å². The lowest BCUT2D eigenvalue weighted by Gasteiger charge is -2.30. The number of anilines is 3. The number of nitrogens with one attached hydrogen (secondary N) is 2. The lowest BCUT2D eigenvalue weighted by molar-refractivity contribution is -0.139. The highest BCUT2D eigenvalue weighted by Crippen LogP contribution is 2.37. The molecule has 0 saturated heterocycles. The molecule has 5 heterocycles. The molecule has 0 fully saturated rings. The Bertz CT molecular complexity index is 1770. The van der Waals surface area contributed by atoms with Crippen LogP contribution >= 0.6 is 0 Å². The minimum absolute atomic E-state index is 0.0195. The zero-order chi connectivity index (χ0) is 31.1. The molecule has 1 aliphatic heterocycles. The Kier molecular flexibility index (Phi) is 7.88. The maximum atomic E-state index is 13.6. The minimum atomic E-state index is -4.69. The zero-order valence-electron chi connectivity index (χ0n) is 23.6. The second kappa shape index (κ2) is 11.4. The molecule has 0 amide bonds. The molecule has 228 valence electrons. The van der Waals surface area contributed by atoms with Crippen LogP contribution in [0.5, 0.6) is 5.88 Å². The van der Waals surface area contributed by atoms with Crippen LogP contribution in [0.3, 0.4) is 0 Å². The van der Waals surface area contributed by atoms with Gasteiger partial charge in [0.05, 0.1) is 31.6 Å². The number of halogens is 3. The summed E-state index contributed by atoms with van der Waals surface area (Å²) >= 11 is 0. The van der Waals surface area contributed by atoms with Crippen LogP contribution in [0.15, 0.2) is 50.6 Å². The number of aliphatic hydroxyl groups is 1. The topological polar surface area (TPSA) is 153 Å². The third kappa shape index (κ3) is 5.77. The van der Waals surface area contributed by atoms with E-state index in [1.807, 2.05) is 0 Å². The van der Waals surface area contributed by atoms with Gasteiger partial charge in [-0.3, -0.25) is 13.9 Å². The van der Waals surface area contributed by atoms with Gasteiger partial charge in [0.15, 0.2) is 0 Å². The molecular weight excluding hydrogens is 573 g/mol. The van der Waals surface area contributed by atoms with Gasteiger partial charge in [-0.1, -0.05) is 11.2 Å². The molecule has 0 aliphatic carbocycles. The summed E-state index contributed by atoms with van der Waals surface area (Å²) in [5.74, 6) is 0.477. The van der Waals surface area contributed by atoms with Gasteiger partial charge in [0.25, 0.3) is 5.56 Å². The second-order valence-corrected chi connectivity index (χ2v) is 9.91. The largest absolute Gasteiger partial charge is 0.478 e. The van der Waals surface area contributed by atoms with Gasteiger partial charge in [-0.05, 0) is 39.0 Å². The summed E-state index contributed by atoms with van der Waals surface area (Å²) in [4.78, 5) is 36.3. The Morgan fingerprint density at radius 2 is 2.02 bits per heavy atom. The SMILES string of the molecule is CCOc1ncc(-c2cccc(NC(O)[C@H](C)N3CNc4c3c(=O)n(Cc3cc(C)on3)c(=O)n4C)n2)cc1C(F)(F)F. The number of pyridine rings is 2. The van der Waals surface area contributed by atoms with Crippen molar-refractivity contribution >= 4 is 17.3 Å². The van der Waals surface area contributed by atoms with Gasteiger partial charge in [0.2, 0.25) is 5.88 Å². The molecule has 4 aromatic heterocycles. The first-order valence-corrected chi connectivity index (χ1v) is 13.3. The Labute approximate surface area is 242 Å². The summed E-state index contributed by atoms with van der Waals surface area (Å²) < 4.78 is 53.3. The van der Waals surface area contributed by atoms with E-state index in [0.29, 0.717) is 17.3 Å². The summed E-state index contributed by atoms with van der Waals surface area (Å²) in [7, 11) is 1.52. The van der Waals surface area contributed by atoms with Crippen LogP contribution in [0.25, 0.3) is 11.3 Å². The van der Waals surface area contributed by atoms with E-state index >= 15 is 0 Å². The lowest BCUT2D eigenvalue weighted by Crippen LogP contribution is -2.48. The van der Waals surface area contributed by atoms with Crippen molar-refractivity contribution < 1.29 is 27.5 Å². The Morgan fingerprint density at radius 3 is 2.70 bits per heavy atom. The highest BCUT2D eigenvalue weighted by molar-refractivity contribution is 5.71. The van der Waals surface area contributed by atoms with Crippen molar-refractivity contribution in [2.75, 3.05) is 28.8 Å². The molecule has 16 heteroatoms. The number of aromatic nitrogens is 5. The molecule has 0 aromatic carbocycles. The van der Waals surface area contributed by atoms with Gasteiger partial charge < -0.3 is 29.9 Å². The number of ether oxygens (including phenoxy) is 1. The summed E-state index contributed by atoms with van der Waals surface area (Å²) in [6, 6.07) is 6.43. The molecule has 5 rings (SSSR count). The van der Waals surface area contributed by atoms with Crippen LogP contribution in [-0.4, -0.2) is 54.9 Å². The number of nitrogens with zero attached hydrogens (tertiary/aromatic N) is 6. The third-order valence-corrected chi connectivity index (χ3v) is 6.95. The number of aliphatic hydroxyl groups excluding tert-OH is 1. The standard InChI is InChI=1S/C27H29F3N8O5/c1-5-42-24-18(27(28,29)30)10-16(11-31-24)19-7-6-8-20(33-19)34-23(39)15(3)38-13-32-22-21(38)25(40)37(26(41)36(22)4)12-17-9-14(2)43-35-17/h6-11,15,23,32,39H,5,12-13H2,1-4H3,(H,33,34)/t15-,23?/m0/s1. The zero-order valence-corrected chi connectivity index (χ0v) is 23.6. The van der Waals surface area contributed by atoms with E-state index in [2.05, 4.69) is 25.8 Å². The minimum Gasteiger partial charge on any atom is -0.478 e. The first kappa shape index (κ1) is 29.6. The van der Waals surface area contributed by atoms with Gasteiger partial charge in [0, 0.05) is 24.9 Å². The second-order valence-electron chi connectivity index (χ2n) is 9.91. The molecule has 1 unspecified atom stereocenters. The van der Waals surface area contributed by atoms with E-state index in [1.54, 1.807) is 43.9 Å². The van der Waals surface area contributed by atoms with Crippen LogP contribution in [0.1, 0.15) is 30.9 Å². The van der Waals surface area contributed by atoms with Gasteiger partial charge in [-0.25, -0.2) is 14.8 Å². The van der Waals surface area contributed by atoms with Crippen molar-refractivity contribution in [3.8, 4) is 17.1 Å². The maximum Gasteiger partial charge on any atom is 0.421 e. The highest BCUT2D eigenvalue weighted by Gasteiger charge is 2.36. The molecule has 4 aromatic rings. The van der Waals surface area contributed by atoms with Crippen LogP contribution < -0.4 is 31.5 Å². The van der Waals surface area contributed by atoms with Crippen LogP contribution in [0.2, 0.25) is 0 Å². The summed E-state index contributed by atoms with van der Waals surface area (Å²) in [5.41, 5.74) is -1.30. The predicted molar refractivity (Wildman–Crippen MR) is 150 cm³/mol. The van der Waals surface area contributed by atoms with E-state index in [-0.39, 0.29) is 42.6 Å². The normalized spacial score (nSPS) is 14.3. The van der Waals surface area contributed by atoms with Gasteiger partial charge in [0.1, 0.15) is 40.6 Å². The molecule has 43 heavy (non-hydrogen) atoms. The lowest BCUT2D eigenvalue weighted by atomic mass is 10.1. The van der Waals surface area contributed by atoms with Gasteiger partial charge >= 0.3 is 11.9 Å². The number of hydrogen-bond acceptors (Lipinski definition) is 11. The Balaban J connectivity index is 1.39. The highest BCUT2D eigenvalue weighted by atomic mass is 19.4. The molecule has 1 aliphatic rings. The molecule has 2 atom stereocenters. The van der Waals surface area contributed by atoms with Crippen molar-refractivity contribution in [2.24, 2.45) is 7.05 Å². The predicted octanol–water partition coefficient (Wildman–Crippen LogP) is 2.77. The molecule has 3 N–H and O–H groups in total. The number of hydrogen-bond donors (Lipinski definition) is 3. The molecule has 0 spiro atoms. The number of aryl methyl sites for hydroxylation is 1. The molecule has 0 bridgehead atoms. The van der Waals surface area contributed by atoms with E-state index in [0.717, 1.165) is 10.6 Å². The molecule has 0 saturated carbocycles. The van der Waals surface area contributed by atoms with Crippen molar-refractivity contribution in [1.29, 1.82) is 0 Å². The van der Waals surface area contributed by atoms with E-state index < -0.39 is 41.1 Å². The Morgan fingerprint density at radius 1 is 1.26 bits per heavy atom. The number of rotatable bonds is 9. The maximum absolute atomic E-state index is 13.6. The fourth-order valence-electron chi connectivity index (χ4n) is 4.76. The average Bonchev–Trinajstić information content (AvgIpc) is 3.60. The molecule has 0 radical (unpaired) electrons. The summed E-state index contributed by atoms with van der Waals surface area (Å²) in [6.07, 6.45) is -4.75. The fourth-order valence-corrected chi connectivity index (χ4v) is 4.76. The van der Waals surface area contributed by atoms with Crippen molar-refractivity contribution in [3.63, 3.8) is 0 Å². The first-order chi connectivity index (χ1) is 20.4. The van der Waals surface area contributed by atoms with E-state index in [4.69, 9.17) is 9.26 Å². The summed E-state index contributed by atoms with van der Waals surface area (Å²) in [6.45, 7) is 4.96. The fraction of sp³-hybridized carbons (Fsp3) is 0.370. The summed E-state index contributed by atoms with van der Waals surface area (Å²) in [5, 5.41) is 20.8. The van der Waals surface area contributed by atoms with Crippen LogP contribution in [-0.2, 0) is 19.8 Å². The molecule has 13 nitrogen and oxygen atoms in total. The van der Waals surface area contributed by atoms with Crippen molar-refractivity contribution in [2.45, 2.75) is 45.8 Å². The quantitative estimate of drug-likeness (QED) is 0.243. The van der Waals surface area contributed by atoms with Gasteiger partial charge in [-0.15, -0.1) is 0 Å². The van der Waals surface area contributed by atoms with E-state index in [9.17, 15) is 27.9 Å². The Hall–Kier alpha value is -4.86.